The van der Waals surface area contributed by atoms with E-state index in [1.807, 2.05) is 6.07 Å². The summed E-state index contributed by atoms with van der Waals surface area (Å²) in [6, 6.07) is 12.0. The number of benzene rings is 2. The van der Waals surface area contributed by atoms with Crippen LogP contribution in [0.3, 0.4) is 0 Å². The van der Waals surface area contributed by atoms with Crippen molar-refractivity contribution in [1.82, 2.24) is 0 Å². The molecule has 1 N–H and O–H groups in total. The molecule has 0 bridgehead atoms. The summed E-state index contributed by atoms with van der Waals surface area (Å²) in [7, 11) is 0. The maximum atomic E-state index is 14.2. The number of hydrogen-bond donors (Lipinski definition) is 1. The molecule has 23 heavy (non-hydrogen) atoms. The Balaban J connectivity index is 2.27. The smallest absolute Gasteiger partial charge is 0.303 e. The van der Waals surface area contributed by atoms with Crippen LogP contribution >= 0.6 is 0 Å². The Hall–Kier alpha value is -3.07. The van der Waals surface area contributed by atoms with Gasteiger partial charge >= 0.3 is 5.97 Å². The zero-order valence-corrected chi connectivity index (χ0v) is 12.1. The number of aliphatic carboxylic acids is 1. The lowest BCUT2D eigenvalue weighted by Crippen LogP contribution is -2.03. The van der Waals surface area contributed by atoms with E-state index in [1.54, 1.807) is 30.3 Å². The first-order chi connectivity index (χ1) is 11.0. The Morgan fingerprint density at radius 3 is 2.39 bits per heavy atom. The van der Waals surface area contributed by atoms with Crippen molar-refractivity contribution in [2.75, 3.05) is 0 Å². The number of carboxylic acid groups (broad SMARTS) is 1. The average Bonchev–Trinajstić information content (AvgIpc) is 2.56. The second kappa shape index (κ2) is 7.27. The zero-order chi connectivity index (χ0) is 16.8. The monoisotopic (exact) mass is 312 g/mol. The SMILES string of the molecule is N#Cc1ccc(-c2ccc(C(CCC(=O)O)N=O)c(F)c2)cc1. The quantitative estimate of drug-likeness (QED) is 0.815. The molecule has 0 fully saturated rings. The van der Waals surface area contributed by atoms with E-state index in [4.69, 9.17) is 10.4 Å². The molecule has 0 saturated carbocycles. The number of rotatable bonds is 6. The first-order valence-electron chi connectivity index (χ1n) is 6.89. The highest BCUT2D eigenvalue weighted by atomic mass is 19.1. The third-order valence-corrected chi connectivity index (χ3v) is 3.47. The van der Waals surface area contributed by atoms with Crippen LogP contribution in [0.2, 0.25) is 0 Å². The van der Waals surface area contributed by atoms with Gasteiger partial charge in [-0.2, -0.15) is 10.2 Å². The minimum atomic E-state index is -1.06. The molecule has 116 valence electrons. The van der Waals surface area contributed by atoms with Crippen LogP contribution in [0.25, 0.3) is 11.1 Å². The summed E-state index contributed by atoms with van der Waals surface area (Å²) < 4.78 is 14.2. The van der Waals surface area contributed by atoms with Gasteiger partial charge < -0.3 is 5.11 Å². The lowest BCUT2D eigenvalue weighted by Gasteiger charge is -2.11. The summed E-state index contributed by atoms with van der Waals surface area (Å²) in [6.45, 7) is 0. The van der Waals surface area contributed by atoms with Crippen LogP contribution in [-0.4, -0.2) is 11.1 Å². The predicted octanol–water partition coefficient (Wildman–Crippen LogP) is 4.04. The Labute approximate surface area is 132 Å². The van der Waals surface area contributed by atoms with E-state index in [0.717, 1.165) is 5.56 Å². The largest absolute Gasteiger partial charge is 0.481 e. The van der Waals surface area contributed by atoms with Crippen LogP contribution in [0, 0.1) is 22.1 Å². The highest BCUT2D eigenvalue weighted by Crippen LogP contribution is 2.29. The molecule has 1 unspecified atom stereocenters. The Bertz CT molecular complexity index is 766. The van der Waals surface area contributed by atoms with Crippen LogP contribution in [0.1, 0.15) is 30.0 Å². The lowest BCUT2D eigenvalue weighted by atomic mass is 9.97. The standard InChI is InChI=1S/C17H13FN2O3/c18-15-9-13(12-3-1-11(10-19)2-4-12)5-6-14(15)16(20-23)7-8-17(21)22/h1-6,9,16H,7-8H2,(H,21,22). The van der Waals surface area contributed by atoms with Crippen molar-refractivity contribution in [1.29, 1.82) is 5.26 Å². The van der Waals surface area contributed by atoms with E-state index in [0.29, 0.717) is 11.1 Å². The molecule has 2 aromatic carbocycles. The molecule has 0 spiro atoms. The highest BCUT2D eigenvalue weighted by Gasteiger charge is 2.18. The minimum absolute atomic E-state index is 0.0496. The summed E-state index contributed by atoms with van der Waals surface area (Å²) in [5.41, 5.74) is 1.91. The molecule has 2 rings (SSSR count). The van der Waals surface area contributed by atoms with Gasteiger partial charge in [0.1, 0.15) is 11.9 Å². The number of halogens is 1. The molecule has 5 nitrogen and oxygen atoms in total. The summed E-state index contributed by atoms with van der Waals surface area (Å²) in [5.74, 6) is -1.67. The summed E-state index contributed by atoms with van der Waals surface area (Å²) >= 11 is 0. The topological polar surface area (TPSA) is 90.5 Å². The molecule has 0 aromatic heterocycles. The molecular formula is C17H13FN2O3. The van der Waals surface area contributed by atoms with E-state index in [9.17, 15) is 14.1 Å². The summed E-state index contributed by atoms with van der Waals surface area (Å²) in [4.78, 5) is 21.4. The highest BCUT2D eigenvalue weighted by molar-refractivity contribution is 5.67. The van der Waals surface area contributed by atoms with Gasteiger partial charge in [0.15, 0.2) is 0 Å². The number of hydrogen-bond acceptors (Lipinski definition) is 4. The Morgan fingerprint density at radius 2 is 1.87 bits per heavy atom. The van der Waals surface area contributed by atoms with Crippen LogP contribution in [-0.2, 0) is 4.79 Å². The van der Waals surface area contributed by atoms with Crippen LogP contribution in [0.5, 0.6) is 0 Å². The molecule has 0 saturated heterocycles. The fraction of sp³-hybridized carbons (Fsp3) is 0.176. The first-order valence-corrected chi connectivity index (χ1v) is 6.89. The first kappa shape index (κ1) is 16.3. The predicted molar refractivity (Wildman–Crippen MR) is 82.0 cm³/mol. The van der Waals surface area contributed by atoms with Crippen LogP contribution < -0.4 is 0 Å². The molecule has 0 heterocycles. The number of nitrogens with zero attached hydrogens (tertiary/aromatic N) is 2. The molecule has 0 aliphatic rings. The van der Waals surface area contributed by atoms with Gasteiger partial charge in [-0.25, -0.2) is 4.39 Å². The number of nitroso groups, excluding NO2 is 1. The summed E-state index contributed by atoms with van der Waals surface area (Å²) in [5, 5.41) is 20.2. The van der Waals surface area contributed by atoms with Gasteiger partial charge in [-0.15, -0.1) is 0 Å². The maximum Gasteiger partial charge on any atom is 0.303 e. The van der Waals surface area contributed by atoms with E-state index in [-0.39, 0.29) is 18.4 Å². The molecule has 2 aromatic rings. The van der Waals surface area contributed by atoms with Crippen molar-refractivity contribution >= 4 is 5.97 Å². The number of nitriles is 1. The third-order valence-electron chi connectivity index (χ3n) is 3.47. The van der Waals surface area contributed by atoms with Gasteiger partial charge in [0.05, 0.1) is 11.6 Å². The summed E-state index contributed by atoms with van der Waals surface area (Å²) in [6.07, 6.45) is -0.306. The second-order valence-electron chi connectivity index (χ2n) is 4.98. The third kappa shape index (κ3) is 3.98. The zero-order valence-electron chi connectivity index (χ0n) is 12.1. The van der Waals surface area contributed by atoms with E-state index < -0.39 is 17.8 Å². The van der Waals surface area contributed by atoms with E-state index >= 15 is 0 Å². The van der Waals surface area contributed by atoms with Crippen molar-refractivity contribution in [3.8, 4) is 17.2 Å². The average molecular weight is 312 g/mol. The van der Waals surface area contributed by atoms with Gasteiger partial charge in [-0.05, 0) is 35.7 Å². The Kier molecular flexibility index (Phi) is 5.15. The molecule has 0 aliphatic carbocycles. The Morgan fingerprint density at radius 1 is 1.22 bits per heavy atom. The molecule has 0 radical (unpaired) electrons. The van der Waals surface area contributed by atoms with Gasteiger partial charge in [0.2, 0.25) is 0 Å². The van der Waals surface area contributed by atoms with Crippen molar-refractivity contribution in [2.45, 2.75) is 18.9 Å². The van der Waals surface area contributed by atoms with Gasteiger partial charge in [0.25, 0.3) is 0 Å². The van der Waals surface area contributed by atoms with Gasteiger partial charge in [-0.1, -0.05) is 29.4 Å². The van der Waals surface area contributed by atoms with Gasteiger partial charge in [-0.3, -0.25) is 4.79 Å². The second-order valence-corrected chi connectivity index (χ2v) is 4.98. The van der Waals surface area contributed by atoms with Crippen molar-refractivity contribution in [3.63, 3.8) is 0 Å². The van der Waals surface area contributed by atoms with Gasteiger partial charge in [0, 0.05) is 12.0 Å². The molecule has 0 amide bonds. The van der Waals surface area contributed by atoms with Crippen LogP contribution in [0.4, 0.5) is 4.39 Å². The fourth-order valence-corrected chi connectivity index (χ4v) is 2.24. The molecule has 1 atom stereocenters. The van der Waals surface area contributed by atoms with Crippen molar-refractivity contribution in [3.05, 3.63) is 64.3 Å². The van der Waals surface area contributed by atoms with Crippen molar-refractivity contribution < 1.29 is 14.3 Å². The molecular weight excluding hydrogens is 299 g/mol. The molecule has 6 heteroatoms. The number of carbonyl (C=O) groups is 1. The van der Waals surface area contributed by atoms with E-state index in [1.165, 1.54) is 12.1 Å². The normalized spacial score (nSPS) is 11.5. The lowest BCUT2D eigenvalue weighted by molar-refractivity contribution is -0.137. The van der Waals surface area contributed by atoms with Crippen molar-refractivity contribution in [2.24, 2.45) is 5.18 Å². The maximum absolute atomic E-state index is 14.2. The minimum Gasteiger partial charge on any atom is -0.481 e. The van der Waals surface area contributed by atoms with Crippen LogP contribution in [0.15, 0.2) is 47.6 Å². The fourth-order valence-electron chi connectivity index (χ4n) is 2.24. The number of carboxylic acids is 1. The molecule has 0 aliphatic heterocycles. The van der Waals surface area contributed by atoms with E-state index in [2.05, 4.69) is 5.18 Å².